The summed E-state index contributed by atoms with van der Waals surface area (Å²) in [5.41, 5.74) is 1.05. The number of nitrogens with zero attached hydrogens (tertiary/aromatic N) is 1. The number of aryl methyl sites for hydroxylation is 1. The fourth-order valence-electron chi connectivity index (χ4n) is 2.19. The van der Waals surface area contributed by atoms with Gasteiger partial charge in [0.05, 0.1) is 10.5 Å². The van der Waals surface area contributed by atoms with E-state index in [-0.39, 0.29) is 17.2 Å². The van der Waals surface area contributed by atoms with Gasteiger partial charge in [-0.2, -0.15) is 0 Å². The molecule has 0 radical (unpaired) electrons. The van der Waals surface area contributed by atoms with E-state index < -0.39 is 23.4 Å². The Kier molecular flexibility index (Phi) is 6.21. The van der Waals surface area contributed by atoms with Crippen LogP contribution in [0.15, 0.2) is 42.5 Å². The summed E-state index contributed by atoms with van der Waals surface area (Å²) in [6.07, 6.45) is 0. The molecule has 0 heterocycles. The zero-order chi connectivity index (χ0) is 20.0. The van der Waals surface area contributed by atoms with Gasteiger partial charge in [0, 0.05) is 29.9 Å². The number of ether oxygens (including phenoxy) is 1. The van der Waals surface area contributed by atoms with Gasteiger partial charge in [0.1, 0.15) is 0 Å². The second kappa shape index (κ2) is 8.56. The number of rotatable bonds is 6. The van der Waals surface area contributed by atoms with Crippen molar-refractivity contribution in [3.63, 3.8) is 0 Å². The van der Waals surface area contributed by atoms with Gasteiger partial charge in [-0.3, -0.25) is 19.7 Å². The molecule has 140 valence electrons. The first kappa shape index (κ1) is 19.6. The topological polar surface area (TPSA) is 128 Å². The minimum absolute atomic E-state index is 0.0185. The first-order valence-electron chi connectivity index (χ1n) is 7.86. The number of esters is 1. The van der Waals surface area contributed by atoms with Crippen LogP contribution in [0.3, 0.4) is 0 Å². The van der Waals surface area contributed by atoms with Gasteiger partial charge < -0.3 is 15.4 Å². The normalized spacial score (nSPS) is 10.0. The summed E-state index contributed by atoms with van der Waals surface area (Å²) in [6, 6.07) is 10.1. The summed E-state index contributed by atoms with van der Waals surface area (Å²) in [5, 5.41) is 15.9. The molecule has 0 spiro atoms. The van der Waals surface area contributed by atoms with Crippen molar-refractivity contribution < 1.29 is 24.0 Å². The highest BCUT2D eigenvalue weighted by Gasteiger charge is 2.17. The number of amides is 2. The number of hydrogen-bond donors (Lipinski definition) is 2. The van der Waals surface area contributed by atoms with Crippen molar-refractivity contribution in [2.75, 3.05) is 19.0 Å². The lowest BCUT2D eigenvalue weighted by Gasteiger charge is -2.08. The predicted molar refractivity (Wildman–Crippen MR) is 96.6 cm³/mol. The van der Waals surface area contributed by atoms with Gasteiger partial charge in [-0.1, -0.05) is 6.07 Å². The highest BCUT2D eigenvalue weighted by atomic mass is 16.6. The number of nitrogens with one attached hydrogen (secondary N) is 2. The molecule has 0 atom stereocenters. The summed E-state index contributed by atoms with van der Waals surface area (Å²) in [5.74, 6) is -1.69. The number of carbonyl (C=O) groups is 3. The number of nitro benzene ring substituents is 1. The largest absolute Gasteiger partial charge is 0.452 e. The number of hydrogen-bond acceptors (Lipinski definition) is 6. The maximum absolute atomic E-state index is 12.0. The van der Waals surface area contributed by atoms with Crippen LogP contribution in [0.4, 0.5) is 11.4 Å². The second-order valence-corrected chi connectivity index (χ2v) is 5.54. The summed E-state index contributed by atoms with van der Waals surface area (Å²) >= 11 is 0. The fraction of sp³-hybridized carbons (Fsp3) is 0.167. The third-order valence-electron chi connectivity index (χ3n) is 3.63. The molecule has 9 heteroatoms. The molecule has 2 N–H and O–H groups in total. The number of benzene rings is 2. The van der Waals surface area contributed by atoms with E-state index in [1.807, 2.05) is 0 Å². The van der Waals surface area contributed by atoms with Crippen LogP contribution in [0.25, 0.3) is 0 Å². The van der Waals surface area contributed by atoms with E-state index in [9.17, 15) is 24.5 Å². The maximum atomic E-state index is 12.0. The first-order valence-corrected chi connectivity index (χ1v) is 7.86. The van der Waals surface area contributed by atoms with Crippen LogP contribution in [-0.2, 0) is 9.53 Å². The lowest BCUT2D eigenvalue weighted by molar-refractivity contribution is -0.385. The Morgan fingerprint density at radius 1 is 1.07 bits per heavy atom. The van der Waals surface area contributed by atoms with E-state index in [1.54, 1.807) is 6.92 Å². The summed E-state index contributed by atoms with van der Waals surface area (Å²) in [4.78, 5) is 45.6. The molecule has 0 aliphatic carbocycles. The van der Waals surface area contributed by atoms with Crippen molar-refractivity contribution in [1.82, 2.24) is 5.32 Å². The molecule has 0 aliphatic rings. The van der Waals surface area contributed by atoms with Crippen molar-refractivity contribution in [3.05, 3.63) is 69.3 Å². The van der Waals surface area contributed by atoms with Crippen LogP contribution >= 0.6 is 0 Å². The molecule has 0 saturated heterocycles. The highest BCUT2D eigenvalue weighted by Crippen LogP contribution is 2.19. The minimum Gasteiger partial charge on any atom is -0.452 e. The zero-order valence-corrected chi connectivity index (χ0v) is 14.6. The average Bonchev–Trinajstić information content (AvgIpc) is 2.66. The lowest BCUT2D eigenvalue weighted by atomic mass is 10.1. The van der Waals surface area contributed by atoms with Gasteiger partial charge in [-0.15, -0.1) is 0 Å². The molecule has 0 bridgehead atoms. The van der Waals surface area contributed by atoms with Crippen LogP contribution in [0.5, 0.6) is 0 Å². The van der Waals surface area contributed by atoms with Crippen molar-refractivity contribution in [2.24, 2.45) is 0 Å². The standard InChI is InChI=1S/C18H17N3O6/c1-11-3-4-13(9-15(11)21(25)26)18(24)27-10-16(22)20-14-7-5-12(6-8-14)17(23)19-2/h3-9H,10H2,1-2H3,(H,19,23)(H,20,22). The zero-order valence-electron chi connectivity index (χ0n) is 14.6. The second-order valence-electron chi connectivity index (χ2n) is 5.54. The van der Waals surface area contributed by atoms with Gasteiger partial charge in [-0.25, -0.2) is 4.79 Å². The molecule has 27 heavy (non-hydrogen) atoms. The molecule has 0 aromatic heterocycles. The van der Waals surface area contributed by atoms with Crippen LogP contribution in [0.1, 0.15) is 26.3 Å². The predicted octanol–water partition coefficient (Wildman–Crippen LogP) is 2.06. The Balaban J connectivity index is 1.93. The quantitative estimate of drug-likeness (QED) is 0.454. The Morgan fingerprint density at radius 3 is 2.30 bits per heavy atom. The van der Waals surface area contributed by atoms with Gasteiger partial charge in [0.25, 0.3) is 17.5 Å². The van der Waals surface area contributed by atoms with Gasteiger partial charge >= 0.3 is 5.97 Å². The van der Waals surface area contributed by atoms with Crippen LogP contribution in [0, 0.1) is 17.0 Å². The van der Waals surface area contributed by atoms with E-state index in [4.69, 9.17) is 4.74 Å². The molecule has 0 saturated carbocycles. The van der Waals surface area contributed by atoms with Crippen LogP contribution in [0.2, 0.25) is 0 Å². The minimum atomic E-state index is -0.844. The van der Waals surface area contributed by atoms with E-state index >= 15 is 0 Å². The number of nitro groups is 1. The first-order chi connectivity index (χ1) is 12.8. The number of anilines is 1. The molecule has 2 aromatic carbocycles. The Bertz CT molecular complexity index is 892. The molecule has 0 aliphatic heterocycles. The number of carbonyl (C=O) groups excluding carboxylic acids is 3. The maximum Gasteiger partial charge on any atom is 0.338 e. The molecule has 2 rings (SSSR count). The molecule has 0 unspecified atom stereocenters. The van der Waals surface area contributed by atoms with Gasteiger partial charge in [0.15, 0.2) is 6.61 Å². The monoisotopic (exact) mass is 371 g/mol. The van der Waals surface area contributed by atoms with E-state index in [0.717, 1.165) is 6.07 Å². The molecule has 9 nitrogen and oxygen atoms in total. The van der Waals surface area contributed by atoms with Crippen molar-refractivity contribution >= 4 is 29.2 Å². The average molecular weight is 371 g/mol. The fourth-order valence-corrected chi connectivity index (χ4v) is 2.19. The van der Waals surface area contributed by atoms with Crippen LogP contribution < -0.4 is 10.6 Å². The third-order valence-corrected chi connectivity index (χ3v) is 3.63. The lowest BCUT2D eigenvalue weighted by Crippen LogP contribution is -2.21. The molecule has 2 aromatic rings. The molecule has 2 amide bonds. The van der Waals surface area contributed by atoms with Crippen molar-refractivity contribution in [1.29, 1.82) is 0 Å². The van der Waals surface area contributed by atoms with Crippen molar-refractivity contribution in [2.45, 2.75) is 6.92 Å². The molecular weight excluding hydrogens is 354 g/mol. The SMILES string of the molecule is CNC(=O)c1ccc(NC(=O)COC(=O)c2ccc(C)c([N+](=O)[O-])c2)cc1. The van der Waals surface area contributed by atoms with Gasteiger partial charge in [0.2, 0.25) is 0 Å². The Hall–Kier alpha value is -3.75. The molecular formula is C18H17N3O6. The van der Waals surface area contributed by atoms with E-state index in [0.29, 0.717) is 16.8 Å². The smallest absolute Gasteiger partial charge is 0.338 e. The Labute approximate surface area is 154 Å². The molecule has 0 fully saturated rings. The highest BCUT2D eigenvalue weighted by molar-refractivity contribution is 5.97. The summed E-state index contributed by atoms with van der Waals surface area (Å²) in [7, 11) is 1.51. The van der Waals surface area contributed by atoms with E-state index in [1.165, 1.54) is 43.4 Å². The summed E-state index contributed by atoms with van der Waals surface area (Å²) in [6.45, 7) is 0.994. The van der Waals surface area contributed by atoms with Crippen molar-refractivity contribution in [3.8, 4) is 0 Å². The summed E-state index contributed by atoms with van der Waals surface area (Å²) < 4.78 is 4.88. The third kappa shape index (κ3) is 5.11. The Morgan fingerprint density at radius 2 is 1.70 bits per heavy atom. The van der Waals surface area contributed by atoms with Crippen LogP contribution in [-0.4, -0.2) is 36.4 Å². The van der Waals surface area contributed by atoms with Gasteiger partial charge in [-0.05, 0) is 37.3 Å². The van der Waals surface area contributed by atoms with E-state index in [2.05, 4.69) is 10.6 Å².